The number of rotatable bonds is 8. The normalized spacial score (nSPS) is 16.9. The third-order valence-corrected chi connectivity index (χ3v) is 5.64. The summed E-state index contributed by atoms with van der Waals surface area (Å²) in [7, 11) is -3.57. The number of hydrogen-bond donors (Lipinski definition) is 2. The van der Waals surface area contributed by atoms with Crippen molar-refractivity contribution in [3.8, 4) is 0 Å². The van der Waals surface area contributed by atoms with Gasteiger partial charge in [-0.05, 0) is 49.4 Å². The fourth-order valence-electron chi connectivity index (χ4n) is 2.28. The summed E-state index contributed by atoms with van der Waals surface area (Å²) in [4.78, 5) is 0.128. The average Bonchev–Trinajstić information content (AvgIpc) is 3.25. The smallest absolute Gasteiger partial charge is 0.240 e. The first-order chi connectivity index (χ1) is 9.92. The minimum absolute atomic E-state index is 0.128. The summed E-state index contributed by atoms with van der Waals surface area (Å²) in [5, 5.41) is 3.00. The van der Waals surface area contributed by atoms with Gasteiger partial charge in [0.2, 0.25) is 10.0 Å². The first-order valence-corrected chi connectivity index (χ1v) is 8.89. The van der Waals surface area contributed by atoms with Gasteiger partial charge in [-0.1, -0.05) is 13.8 Å². The molecule has 1 aliphatic rings. The van der Waals surface area contributed by atoms with Crippen LogP contribution >= 0.6 is 0 Å². The molecule has 0 amide bonds. The Kier molecular flexibility index (Phi) is 5.01. The van der Waals surface area contributed by atoms with Crippen LogP contribution in [0.5, 0.6) is 0 Å². The molecule has 1 aliphatic carbocycles. The Hall–Kier alpha value is -0.980. The molecule has 0 unspecified atom stereocenters. The van der Waals surface area contributed by atoms with Crippen molar-refractivity contribution >= 4 is 10.0 Å². The second-order valence-electron chi connectivity index (χ2n) is 5.71. The first kappa shape index (κ1) is 16.4. The van der Waals surface area contributed by atoms with Crippen molar-refractivity contribution in [2.24, 2.45) is 5.41 Å². The van der Waals surface area contributed by atoms with Gasteiger partial charge in [0.05, 0.1) is 4.90 Å². The highest BCUT2D eigenvalue weighted by Crippen LogP contribution is 2.48. The third-order valence-electron chi connectivity index (χ3n) is 4.24. The van der Waals surface area contributed by atoms with E-state index in [0.717, 1.165) is 19.3 Å². The molecular formula is C15H23FN2O2S. The van der Waals surface area contributed by atoms with Gasteiger partial charge in [0.1, 0.15) is 5.82 Å². The largest absolute Gasteiger partial charge is 0.313 e. The van der Waals surface area contributed by atoms with Crippen LogP contribution < -0.4 is 10.0 Å². The van der Waals surface area contributed by atoms with Crippen molar-refractivity contribution in [3.05, 3.63) is 29.6 Å². The van der Waals surface area contributed by atoms with Crippen molar-refractivity contribution < 1.29 is 12.8 Å². The molecule has 1 saturated carbocycles. The zero-order valence-corrected chi connectivity index (χ0v) is 13.4. The number of hydrogen-bond acceptors (Lipinski definition) is 3. The van der Waals surface area contributed by atoms with Crippen LogP contribution in [0.4, 0.5) is 4.39 Å². The third kappa shape index (κ3) is 4.02. The SMILES string of the molecule is CCNCc1cc(S(=O)(=O)NCC2(CC)CC2)ccc1F. The molecule has 21 heavy (non-hydrogen) atoms. The Balaban J connectivity index is 2.12. The average molecular weight is 314 g/mol. The molecule has 2 N–H and O–H groups in total. The van der Waals surface area contributed by atoms with Crippen LogP contribution in [0.15, 0.2) is 23.1 Å². The lowest BCUT2D eigenvalue weighted by atomic mass is 10.1. The predicted octanol–water partition coefficient (Wildman–Crippen LogP) is 2.40. The van der Waals surface area contributed by atoms with E-state index in [1.165, 1.54) is 18.2 Å². The van der Waals surface area contributed by atoms with Crippen LogP contribution in [0.3, 0.4) is 0 Å². The minimum Gasteiger partial charge on any atom is -0.313 e. The predicted molar refractivity (Wildman–Crippen MR) is 80.9 cm³/mol. The zero-order valence-electron chi connectivity index (χ0n) is 12.6. The summed E-state index contributed by atoms with van der Waals surface area (Å²) in [6.45, 7) is 5.48. The molecule has 0 bridgehead atoms. The molecule has 1 fully saturated rings. The lowest BCUT2D eigenvalue weighted by molar-refractivity contribution is 0.475. The number of benzene rings is 1. The van der Waals surface area contributed by atoms with E-state index in [9.17, 15) is 12.8 Å². The van der Waals surface area contributed by atoms with Crippen LogP contribution in [-0.4, -0.2) is 21.5 Å². The lowest BCUT2D eigenvalue weighted by Crippen LogP contribution is -2.30. The fourth-order valence-corrected chi connectivity index (χ4v) is 3.48. The summed E-state index contributed by atoms with van der Waals surface area (Å²) in [6, 6.07) is 3.94. The van der Waals surface area contributed by atoms with Crippen molar-refractivity contribution in [1.29, 1.82) is 0 Å². The molecule has 0 saturated heterocycles. The maximum absolute atomic E-state index is 13.7. The second kappa shape index (κ2) is 6.42. The zero-order chi connectivity index (χ0) is 15.5. The quantitative estimate of drug-likeness (QED) is 0.775. The van der Waals surface area contributed by atoms with E-state index in [-0.39, 0.29) is 16.1 Å². The van der Waals surface area contributed by atoms with Crippen molar-refractivity contribution in [2.45, 2.75) is 44.6 Å². The Bertz CT molecular complexity index is 598. The Morgan fingerprint density at radius 2 is 2.00 bits per heavy atom. The summed E-state index contributed by atoms with van der Waals surface area (Å²) in [5.41, 5.74) is 0.510. The van der Waals surface area contributed by atoms with Crippen LogP contribution in [0, 0.1) is 11.2 Å². The second-order valence-corrected chi connectivity index (χ2v) is 7.48. The Labute approximate surface area is 126 Å². The number of nitrogens with one attached hydrogen (secondary N) is 2. The van der Waals surface area contributed by atoms with E-state index in [1.54, 1.807) is 0 Å². The van der Waals surface area contributed by atoms with Gasteiger partial charge >= 0.3 is 0 Å². The van der Waals surface area contributed by atoms with Crippen molar-refractivity contribution in [2.75, 3.05) is 13.1 Å². The van der Waals surface area contributed by atoms with E-state index < -0.39 is 10.0 Å². The van der Waals surface area contributed by atoms with E-state index in [4.69, 9.17) is 0 Å². The van der Waals surface area contributed by atoms with Gasteiger partial charge < -0.3 is 5.32 Å². The van der Waals surface area contributed by atoms with Gasteiger partial charge in [0.25, 0.3) is 0 Å². The maximum Gasteiger partial charge on any atom is 0.240 e. The van der Waals surface area contributed by atoms with Gasteiger partial charge in [-0.25, -0.2) is 17.5 Å². The summed E-state index contributed by atoms with van der Waals surface area (Å²) in [5.74, 6) is -0.387. The van der Waals surface area contributed by atoms with Crippen LogP contribution in [0.2, 0.25) is 0 Å². The van der Waals surface area contributed by atoms with Crippen LogP contribution in [-0.2, 0) is 16.6 Å². The molecule has 1 aromatic rings. The molecule has 4 nitrogen and oxygen atoms in total. The Morgan fingerprint density at radius 3 is 2.57 bits per heavy atom. The van der Waals surface area contributed by atoms with Crippen molar-refractivity contribution in [3.63, 3.8) is 0 Å². The molecule has 0 aliphatic heterocycles. The van der Waals surface area contributed by atoms with E-state index in [2.05, 4.69) is 17.0 Å². The molecule has 1 aromatic carbocycles. The van der Waals surface area contributed by atoms with E-state index in [1.807, 2.05) is 6.92 Å². The van der Waals surface area contributed by atoms with Gasteiger partial charge in [0.15, 0.2) is 0 Å². The summed E-state index contributed by atoms with van der Waals surface area (Å²) < 4.78 is 40.9. The minimum atomic E-state index is -3.57. The molecule has 2 rings (SSSR count). The molecule has 0 aromatic heterocycles. The molecule has 0 atom stereocenters. The van der Waals surface area contributed by atoms with Gasteiger partial charge in [-0.2, -0.15) is 0 Å². The maximum atomic E-state index is 13.7. The van der Waals surface area contributed by atoms with Gasteiger partial charge in [0, 0.05) is 18.7 Å². The number of halogens is 1. The van der Waals surface area contributed by atoms with Gasteiger partial charge in [-0.15, -0.1) is 0 Å². The lowest BCUT2D eigenvalue weighted by Gasteiger charge is -2.14. The monoisotopic (exact) mass is 314 g/mol. The Morgan fingerprint density at radius 1 is 1.29 bits per heavy atom. The first-order valence-electron chi connectivity index (χ1n) is 7.41. The van der Waals surface area contributed by atoms with Crippen LogP contribution in [0.1, 0.15) is 38.7 Å². The molecule has 0 heterocycles. The fraction of sp³-hybridized carbons (Fsp3) is 0.600. The topological polar surface area (TPSA) is 58.2 Å². The summed E-state index contributed by atoms with van der Waals surface area (Å²) in [6.07, 6.45) is 3.12. The number of sulfonamides is 1. The summed E-state index contributed by atoms with van der Waals surface area (Å²) >= 11 is 0. The standard InChI is InChI=1S/C15H23FN2O2S/c1-3-15(7-8-15)11-18-21(19,20)13-5-6-14(16)12(9-13)10-17-4-2/h5-6,9,17-18H,3-4,7-8,10-11H2,1-2H3. The van der Waals surface area contributed by atoms with E-state index >= 15 is 0 Å². The molecular weight excluding hydrogens is 291 g/mol. The van der Waals surface area contributed by atoms with Crippen LogP contribution in [0.25, 0.3) is 0 Å². The molecule has 6 heteroatoms. The van der Waals surface area contributed by atoms with Crippen molar-refractivity contribution in [1.82, 2.24) is 10.0 Å². The highest BCUT2D eigenvalue weighted by molar-refractivity contribution is 7.89. The molecule has 0 spiro atoms. The highest BCUT2D eigenvalue weighted by Gasteiger charge is 2.41. The molecule has 0 radical (unpaired) electrons. The van der Waals surface area contributed by atoms with Gasteiger partial charge in [-0.3, -0.25) is 0 Å². The van der Waals surface area contributed by atoms with E-state index in [0.29, 0.717) is 25.2 Å². The highest BCUT2D eigenvalue weighted by atomic mass is 32.2. The molecule has 118 valence electrons.